The Hall–Kier alpha value is -3.83. The van der Waals surface area contributed by atoms with E-state index in [9.17, 15) is 9.59 Å². The summed E-state index contributed by atoms with van der Waals surface area (Å²) in [5.41, 5.74) is 2.97. The first-order chi connectivity index (χ1) is 16.6. The molecule has 5 rings (SSSR count). The quantitative estimate of drug-likeness (QED) is 0.416. The molecule has 0 spiro atoms. The van der Waals surface area contributed by atoms with E-state index in [4.69, 9.17) is 11.6 Å². The van der Waals surface area contributed by atoms with Crippen molar-refractivity contribution in [1.29, 1.82) is 0 Å². The van der Waals surface area contributed by atoms with Crippen molar-refractivity contribution >= 4 is 45.6 Å². The second kappa shape index (κ2) is 9.57. The number of fused-ring (bicyclic) bond motifs is 1. The number of anilines is 2. The first-order valence-corrected chi connectivity index (χ1v) is 11.7. The topological polar surface area (TPSA) is 52.7 Å². The molecule has 1 fully saturated rings. The highest BCUT2D eigenvalue weighted by molar-refractivity contribution is 6.30. The van der Waals surface area contributed by atoms with E-state index in [1.165, 1.54) is 0 Å². The minimum Gasteiger partial charge on any atom is -0.366 e. The van der Waals surface area contributed by atoms with Gasteiger partial charge in [-0.25, -0.2) is 0 Å². The van der Waals surface area contributed by atoms with Crippen molar-refractivity contribution in [3.63, 3.8) is 0 Å². The van der Waals surface area contributed by atoms with E-state index < -0.39 is 0 Å². The smallest absolute Gasteiger partial charge is 0.255 e. The van der Waals surface area contributed by atoms with E-state index >= 15 is 0 Å². The molecule has 0 aliphatic carbocycles. The van der Waals surface area contributed by atoms with E-state index in [1.807, 2.05) is 71.6 Å². The van der Waals surface area contributed by atoms with E-state index in [0.717, 1.165) is 22.1 Å². The SMILES string of the molecule is O=C(Nc1ccccc1N1CCN(C(=O)c2ccc(Cl)cc2)CC1)c1ccc2ccccc2c1. The monoisotopic (exact) mass is 469 g/mol. The average Bonchev–Trinajstić information content (AvgIpc) is 2.89. The number of piperazine rings is 1. The van der Waals surface area contributed by atoms with Gasteiger partial charge in [0.2, 0.25) is 0 Å². The van der Waals surface area contributed by atoms with E-state index in [-0.39, 0.29) is 11.8 Å². The molecular formula is C28H24ClN3O2. The van der Waals surface area contributed by atoms with Crippen LogP contribution in [-0.2, 0) is 0 Å². The van der Waals surface area contributed by atoms with Gasteiger partial charge in [-0.1, -0.05) is 54.1 Å². The molecule has 1 N–H and O–H groups in total. The lowest BCUT2D eigenvalue weighted by Crippen LogP contribution is -2.49. The van der Waals surface area contributed by atoms with Gasteiger partial charge in [-0.2, -0.15) is 0 Å². The van der Waals surface area contributed by atoms with Crippen LogP contribution >= 0.6 is 11.6 Å². The minimum absolute atomic E-state index is 0.00853. The molecule has 1 aliphatic heterocycles. The van der Waals surface area contributed by atoms with Crippen LogP contribution in [0, 0.1) is 0 Å². The Morgan fingerprint density at radius 3 is 2.12 bits per heavy atom. The van der Waals surface area contributed by atoms with Gasteiger partial charge in [-0.05, 0) is 59.3 Å². The van der Waals surface area contributed by atoms with Crippen molar-refractivity contribution in [2.24, 2.45) is 0 Å². The molecule has 5 nitrogen and oxygen atoms in total. The lowest BCUT2D eigenvalue weighted by atomic mass is 10.1. The Morgan fingerprint density at radius 1 is 0.706 bits per heavy atom. The van der Waals surface area contributed by atoms with Crippen molar-refractivity contribution in [3.8, 4) is 0 Å². The van der Waals surface area contributed by atoms with Gasteiger partial charge in [0.15, 0.2) is 0 Å². The van der Waals surface area contributed by atoms with Gasteiger partial charge in [0.05, 0.1) is 11.4 Å². The number of hydrogen-bond acceptors (Lipinski definition) is 3. The number of carbonyl (C=O) groups excluding carboxylic acids is 2. The van der Waals surface area contributed by atoms with Crippen LogP contribution in [0.25, 0.3) is 10.8 Å². The number of nitrogens with zero attached hydrogens (tertiary/aromatic N) is 2. The molecule has 34 heavy (non-hydrogen) atoms. The third-order valence-corrected chi connectivity index (χ3v) is 6.41. The highest BCUT2D eigenvalue weighted by Crippen LogP contribution is 2.28. The molecule has 170 valence electrons. The molecule has 0 bridgehead atoms. The summed E-state index contributed by atoms with van der Waals surface area (Å²) in [5.74, 6) is -0.135. The molecule has 0 atom stereocenters. The van der Waals surface area contributed by atoms with Crippen LogP contribution in [0.15, 0.2) is 91.0 Å². The zero-order chi connectivity index (χ0) is 23.5. The van der Waals surface area contributed by atoms with E-state index in [1.54, 1.807) is 24.3 Å². The Morgan fingerprint density at radius 2 is 1.35 bits per heavy atom. The molecule has 1 aliphatic rings. The zero-order valence-corrected chi connectivity index (χ0v) is 19.3. The minimum atomic E-state index is -0.144. The normalized spacial score (nSPS) is 13.7. The Kier molecular flexibility index (Phi) is 6.19. The highest BCUT2D eigenvalue weighted by Gasteiger charge is 2.24. The average molecular weight is 470 g/mol. The predicted molar refractivity (Wildman–Crippen MR) is 138 cm³/mol. The fourth-order valence-corrected chi connectivity index (χ4v) is 4.43. The van der Waals surface area contributed by atoms with Crippen LogP contribution in [0.1, 0.15) is 20.7 Å². The van der Waals surface area contributed by atoms with E-state index in [2.05, 4.69) is 10.2 Å². The third-order valence-electron chi connectivity index (χ3n) is 6.16. The maximum absolute atomic E-state index is 13.0. The van der Waals surface area contributed by atoms with Crippen LogP contribution in [0.4, 0.5) is 11.4 Å². The van der Waals surface area contributed by atoms with Crippen molar-refractivity contribution in [2.75, 3.05) is 36.4 Å². The van der Waals surface area contributed by atoms with Crippen LogP contribution in [0.3, 0.4) is 0 Å². The summed E-state index contributed by atoms with van der Waals surface area (Å²) < 4.78 is 0. The van der Waals surface area contributed by atoms with Crippen LogP contribution < -0.4 is 10.2 Å². The predicted octanol–water partition coefficient (Wildman–Crippen LogP) is 5.71. The molecule has 1 heterocycles. The van der Waals surface area contributed by atoms with Gasteiger partial charge in [0.1, 0.15) is 0 Å². The first-order valence-electron chi connectivity index (χ1n) is 11.3. The lowest BCUT2D eigenvalue weighted by Gasteiger charge is -2.37. The molecule has 6 heteroatoms. The number of amides is 2. The third kappa shape index (κ3) is 4.61. The van der Waals surface area contributed by atoms with Crippen LogP contribution in [0.5, 0.6) is 0 Å². The van der Waals surface area contributed by atoms with Crippen molar-refractivity contribution in [2.45, 2.75) is 0 Å². The molecule has 4 aromatic carbocycles. The maximum Gasteiger partial charge on any atom is 0.255 e. The van der Waals surface area contributed by atoms with Gasteiger partial charge >= 0.3 is 0 Å². The Labute approximate surface area is 203 Å². The van der Waals surface area contributed by atoms with Gasteiger partial charge in [0, 0.05) is 42.3 Å². The van der Waals surface area contributed by atoms with Gasteiger partial charge in [-0.15, -0.1) is 0 Å². The number of nitrogens with one attached hydrogen (secondary N) is 1. The molecule has 2 amide bonds. The zero-order valence-electron chi connectivity index (χ0n) is 18.6. The van der Waals surface area contributed by atoms with Crippen molar-refractivity contribution < 1.29 is 9.59 Å². The van der Waals surface area contributed by atoms with Gasteiger partial charge in [0.25, 0.3) is 11.8 Å². The second-order valence-electron chi connectivity index (χ2n) is 8.32. The number of para-hydroxylation sites is 2. The molecular weight excluding hydrogens is 446 g/mol. The summed E-state index contributed by atoms with van der Waals surface area (Å²) in [6, 6.07) is 28.5. The molecule has 1 saturated heterocycles. The first kappa shape index (κ1) is 22.0. The van der Waals surface area contributed by atoms with Crippen molar-refractivity contribution in [1.82, 2.24) is 4.90 Å². The summed E-state index contributed by atoms with van der Waals surface area (Å²) >= 11 is 5.94. The van der Waals surface area contributed by atoms with Crippen LogP contribution in [0.2, 0.25) is 5.02 Å². The summed E-state index contributed by atoms with van der Waals surface area (Å²) in [5, 5.41) is 5.83. The van der Waals surface area contributed by atoms with Gasteiger partial charge < -0.3 is 15.1 Å². The van der Waals surface area contributed by atoms with Crippen molar-refractivity contribution in [3.05, 3.63) is 107 Å². The number of benzene rings is 4. The fourth-order valence-electron chi connectivity index (χ4n) is 4.31. The Bertz CT molecular complexity index is 1350. The summed E-state index contributed by atoms with van der Waals surface area (Å²) in [6.07, 6.45) is 0. The molecule has 0 unspecified atom stereocenters. The number of carbonyl (C=O) groups is 2. The summed E-state index contributed by atoms with van der Waals surface area (Å²) in [7, 11) is 0. The number of halogens is 1. The highest BCUT2D eigenvalue weighted by atomic mass is 35.5. The van der Waals surface area contributed by atoms with E-state index in [0.29, 0.717) is 42.3 Å². The summed E-state index contributed by atoms with van der Waals surface area (Å²) in [4.78, 5) is 29.9. The second-order valence-corrected chi connectivity index (χ2v) is 8.76. The molecule has 0 radical (unpaired) electrons. The standard InChI is InChI=1S/C28H24ClN3O2/c29-24-13-11-21(12-14-24)28(34)32-17-15-31(16-18-32)26-8-4-3-7-25(26)30-27(33)23-10-9-20-5-1-2-6-22(20)19-23/h1-14,19H,15-18H2,(H,30,33). The molecule has 0 saturated carbocycles. The molecule has 0 aromatic heterocycles. The summed E-state index contributed by atoms with van der Waals surface area (Å²) in [6.45, 7) is 2.58. The maximum atomic E-state index is 13.0. The lowest BCUT2D eigenvalue weighted by molar-refractivity contribution is 0.0746. The molecule has 4 aromatic rings. The largest absolute Gasteiger partial charge is 0.366 e. The van der Waals surface area contributed by atoms with Crippen LogP contribution in [-0.4, -0.2) is 42.9 Å². The number of rotatable bonds is 4. The fraction of sp³-hybridized carbons (Fsp3) is 0.143. The Balaban J connectivity index is 1.28. The number of hydrogen-bond donors (Lipinski definition) is 1. The van der Waals surface area contributed by atoms with Gasteiger partial charge in [-0.3, -0.25) is 9.59 Å².